The van der Waals surface area contributed by atoms with Crippen molar-refractivity contribution in [1.29, 1.82) is 0 Å². The van der Waals surface area contributed by atoms with Crippen molar-refractivity contribution in [3.05, 3.63) is 11.8 Å². The summed E-state index contributed by atoms with van der Waals surface area (Å²) in [5.41, 5.74) is 1.90. The average Bonchev–Trinajstić information content (AvgIpc) is 3.21. The Hall–Kier alpha value is -0.540. The number of rotatable bonds is 6. The molecule has 0 bridgehead atoms. The van der Waals surface area contributed by atoms with E-state index in [2.05, 4.69) is 23.4 Å². The second-order valence-electron chi connectivity index (χ2n) is 7.06. The van der Waals surface area contributed by atoms with Crippen LogP contribution < -0.4 is 5.32 Å². The first-order valence-electron chi connectivity index (χ1n) is 9.16. The zero-order valence-corrected chi connectivity index (χ0v) is 13.7. The lowest BCUT2D eigenvalue weighted by atomic mass is 9.80. The quantitative estimate of drug-likeness (QED) is 0.811. The molecule has 3 rings (SSSR count). The number of likely N-dealkylation sites (tertiary alicyclic amines) is 1. The summed E-state index contributed by atoms with van der Waals surface area (Å²) in [4.78, 5) is 2.82. The fourth-order valence-corrected chi connectivity index (χ4v) is 4.69. The van der Waals surface area contributed by atoms with Gasteiger partial charge >= 0.3 is 0 Å². The smallest absolute Gasteiger partial charge is 0.0876 e. The summed E-state index contributed by atoms with van der Waals surface area (Å²) < 4.78 is 5.69. The van der Waals surface area contributed by atoms with Gasteiger partial charge in [0.05, 0.1) is 12.9 Å². The third kappa shape index (κ3) is 3.14. The first-order valence-corrected chi connectivity index (χ1v) is 9.16. The standard InChI is InChI=1S/C18H32N2O/c1-2-11-19-17(16-8-7-14-21-15-16)18(9-3-4-10-18)20-12-5-6-13-20/h15,17,19H,2-14H2,1H3. The maximum Gasteiger partial charge on any atom is 0.0876 e. The van der Waals surface area contributed by atoms with Crippen molar-refractivity contribution in [2.24, 2.45) is 0 Å². The minimum absolute atomic E-state index is 0.373. The predicted molar refractivity (Wildman–Crippen MR) is 87.4 cm³/mol. The normalized spacial score (nSPS) is 27.4. The van der Waals surface area contributed by atoms with Crippen LogP contribution in [0.1, 0.15) is 64.7 Å². The lowest BCUT2D eigenvalue weighted by Gasteiger charge is -2.47. The molecule has 120 valence electrons. The summed E-state index contributed by atoms with van der Waals surface area (Å²) in [5, 5.41) is 3.91. The minimum atomic E-state index is 0.373. The molecule has 1 atom stereocenters. The molecule has 21 heavy (non-hydrogen) atoms. The Morgan fingerprint density at radius 3 is 2.57 bits per heavy atom. The lowest BCUT2D eigenvalue weighted by Crippen LogP contribution is -2.60. The maximum atomic E-state index is 5.69. The summed E-state index contributed by atoms with van der Waals surface area (Å²) in [6, 6.07) is 0.512. The molecule has 1 unspecified atom stereocenters. The average molecular weight is 292 g/mol. The number of nitrogens with one attached hydrogen (secondary N) is 1. The molecular weight excluding hydrogens is 260 g/mol. The van der Waals surface area contributed by atoms with Crippen molar-refractivity contribution in [3.63, 3.8) is 0 Å². The number of ether oxygens (including phenoxy) is 1. The van der Waals surface area contributed by atoms with Crippen LogP contribution in [0, 0.1) is 0 Å². The molecule has 0 aromatic rings. The van der Waals surface area contributed by atoms with E-state index in [4.69, 9.17) is 4.74 Å². The Morgan fingerprint density at radius 1 is 1.19 bits per heavy atom. The third-order valence-corrected chi connectivity index (χ3v) is 5.67. The van der Waals surface area contributed by atoms with Gasteiger partial charge < -0.3 is 10.1 Å². The maximum absolute atomic E-state index is 5.69. The van der Waals surface area contributed by atoms with Gasteiger partial charge in [0.25, 0.3) is 0 Å². The van der Waals surface area contributed by atoms with E-state index in [1.54, 1.807) is 0 Å². The van der Waals surface area contributed by atoms with Gasteiger partial charge in [0.1, 0.15) is 0 Å². The molecular formula is C18H32N2O. The highest BCUT2D eigenvalue weighted by molar-refractivity contribution is 5.21. The molecule has 2 fully saturated rings. The molecule has 0 amide bonds. The summed E-state index contributed by atoms with van der Waals surface area (Å²) in [5.74, 6) is 0. The van der Waals surface area contributed by atoms with E-state index < -0.39 is 0 Å². The molecule has 2 heterocycles. The van der Waals surface area contributed by atoms with E-state index in [-0.39, 0.29) is 0 Å². The molecule has 0 aromatic carbocycles. The van der Waals surface area contributed by atoms with Gasteiger partial charge in [-0.2, -0.15) is 0 Å². The van der Waals surface area contributed by atoms with Crippen LogP contribution in [-0.2, 0) is 4.74 Å². The molecule has 0 aromatic heterocycles. The summed E-state index contributed by atoms with van der Waals surface area (Å²) in [6.45, 7) is 6.90. The molecule has 1 saturated carbocycles. The fourth-order valence-electron chi connectivity index (χ4n) is 4.69. The third-order valence-electron chi connectivity index (χ3n) is 5.67. The van der Waals surface area contributed by atoms with Gasteiger partial charge in [0.15, 0.2) is 0 Å². The Labute approximate surface area is 130 Å². The summed E-state index contributed by atoms with van der Waals surface area (Å²) >= 11 is 0. The number of hydrogen-bond donors (Lipinski definition) is 1. The van der Waals surface area contributed by atoms with E-state index in [9.17, 15) is 0 Å². The van der Waals surface area contributed by atoms with Crippen LogP contribution in [0.25, 0.3) is 0 Å². The Balaban J connectivity index is 1.85. The van der Waals surface area contributed by atoms with Crippen molar-refractivity contribution in [2.75, 3.05) is 26.2 Å². The molecule has 3 aliphatic rings. The summed E-state index contributed by atoms with van der Waals surface area (Å²) in [6.07, 6.45) is 14.0. The first kappa shape index (κ1) is 15.4. The van der Waals surface area contributed by atoms with Gasteiger partial charge in [-0.3, -0.25) is 4.90 Å². The van der Waals surface area contributed by atoms with E-state index in [1.807, 2.05) is 0 Å². The molecule has 1 aliphatic carbocycles. The largest absolute Gasteiger partial charge is 0.501 e. The summed E-state index contributed by atoms with van der Waals surface area (Å²) in [7, 11) is 0. The fraction of sp³-hybridized carbons (Fsp3) is 0.889. The van der Waals surface area contributed by atoms with Gasteiger partial charge in [-0.15, -0.1) is 0 Å². The molecule has 3 heteroatoms. The highest BCUT2D eigenvalue weighted by atomic mass is 16.5. The van der Waals surface area contributed by atoms with Gasteiger partial charge in [-0.1, -0.05) is 19.8 Å². The van der Waals surface area contributed by atoms with Crippen molar-refractivity contribution in [3.8, 4) is 0 Å². The first-order chi connectivity index (χ1) is 10.4. The predicted octanol–water partition coefficient (Wildman–Crippen LogP) is 3.46. The lowest BCUT2D eigenvalue weighted by molar-refractivity contribution is 0.0836. The Kier molecular flexibility index (Phi) is 5.23. The van der Waals surface area contributed by atoms with Crippen molar-refractivity contribution in [1.82, 2.24) is 10.2 Å². The van der Waals surface area contributed by atoms with Crippen molar-refractivity contribution < 1.29 is 4.74 Å². The van der Waals surface area contributed by atoms with Crippen molar-refractivity contribution in [2.45, 2.75) is 76.3 Å². The molecule has 2 aliphatic heterocycles. The zero-order valence-electron chi connectivity index (χ0n) is 13.7. The molecule has 1 N–H and O–H groups in total. The zero-order chi connectivity index (χ0) is 14.5. The van der Waals surface area contributed by atoms with Gasteiger partial charge in [-0.05, 0) is 70.2 Å². The Morgan fingerprint density at radius 2 is 1.95 bits per heavy atom. The van der Waals surface area contributed by atoms with Gasteiger partial charge in [0.2, 0.25) is 0 Å². The van der Waals surface area contributed by atoms with Crippen LogP contribution in [0.3, 0.4) is 0 Å². The molecule has 3 nitrogen and oxygen atoms in total. The second-order valence-corrected chi connectivity index (χ2v) is 7.06. The van der Waals surface area contributed by atoms with Crippen LogP contribution in [0.5, 0.6) is 0 Å². The van der Waals surface area contributed by atoms with E-state index in [1.165, 1.54) is 76.5 Å². The van der Waals surface area contributed by atoms with Gasteiger partial charge in [0, 0.05) is 11.6 Å². The van der Waals surface area contributed by atoms with Gasteiger partial charge in [-0.25, -0.2) is 0 Å². The van der Waals surface area contributed by atoms with Crippen molar-refractivity contribution >= 4 is 0 Å². The minimum Gasteiger partial charge on any atom is -0.501 e. The van der Waals surface area contributed by atoms with Crippen LogP contribution in [0.2, 0.25) is 0 Å². The Bertz CT molecular complexity index is 354. The van der Waals surface area contributed by atoms with E-state index in [0.717, 1.165) is 13.2 Å². The number of nitrogens with zero attached hydrogens (tertiary/aromatic N) is 1. The topological polar surface area (TPSA) is 24.5 Å². The second kappa shape index (κ2) is 7.15. The highest BCUT2D eigenvalue weighted by Gasteiger charge is 2.47. The van der Waals surface area contributed by atoms with E-state index in [0.29, 0.717) is 11.6 Å². The van der Waals surface area contributed by atoms with E-state index >= 15 is 0 Å². The van der Waals surface area contributed by atoms with Crippen LogP contribution in [0.15, 0.2) is 11.8 Å². The highest BCUT2D eigenvalue weighted by Crippen LogP contribution is 2.43. The van der Waals surface area contributed by atoms with Crippen LogP contribution in [0.4, 0.5) is 0 Å². The number of hydrogen-bond acceptors (Lipinski definition) is 3. The molecule has 0 radical (unpaired) electrons. The SMILES string of the molecule is CCCNC(C1=COCCC1)C1(N2CCCC2)CCCC1. The van der Waals surface area contributed by atoms with Crippen LogP contribution in [-0.4, -0.2) is 42.7 Å². The monoisotopic (exact) mass is 292 g/mol. The molecule has 1 saturated heterocycles. The molecule has 0 spiro atoms. The van der Waals surface area contributed by atoms with Crippen LogP contribution >= 0.6 is 0 Å².